The van der Waals surface area contributed by atoms with Crippen molar-refractivity contribution < 1.29 is 17.9 Å². The van der Waals surface area contributed by atoms with E-state index in [-0.39, 0.29) is 0 Å². The molecule has 1 heterocycles. The molecule has 0 spiro atoms. The first-order chi connectivity index (χ1) is 14.3. The number of benzene rings is 3. The molecule has 2 N–H and O–H groups in total. The third-order valence-corrected chi connectivity index (χ3v) is 6.43. The van der Waals surface area contributed by atoms with Crippen LogP contribution >= 0.6 is 0 Å². The summed E-state index contributed by atoms with van der Waals surface area (Å²) >= 11 is 0. The number of fused-ring (bicyclic) bond motifs is 3. The Morgan fingerprint density at radius 2 is 1.80 bits per heavy atom. The highest BCUT2D eigenvalue weighted by atomic mass is 32.2. The molecule has 0 aliphatic carbocycles. The molecule has 0 aliphatic rings. The van der Waals surface area contributed by atoms with Crippen molar-refractivity contribution in [2.75, 3.05) is 13.4 Å². The van der Waals surface area contributed by atoms with Crippen LogP contribution in [0, 0.1) is 0 Å². The van der Waals surface area contributed by atoms with Crippen LogP contribution in [0.3, 0.4) is 0 Å². The predicted molar refractivity (Wildman–Crippen MR) is 117 cm³/mol. The largest absolute Gasteiger partial charge is 0.380 e. The molecule has 7 heteroatoms. The number of ether oxygens (including phenoxy) is 1. The lowest BCUT2D eigenvalue weighted by atomic mass is 10.0. The van der Waals surface area contributed by atoms with Gasteiger partial charge >= 0.3 is 0 Å². The summed E-state index contributed by atoms with van der Waals surface area (Å²) in [4.78, 5) is 12.4. The maximum absolute atomic E-state index is 12.3. The lowest BCUT2D eigenvalue weighted by molar-refractivity contribution is 0.100. The molecule has 0 bridgehead atoms. The highest BCUT2D eigenvalue weighted by Gasteiger charge is 2.19. The molecule has 3 aromatic carbocycles. The van der Waals surface area contributed by atoms with Gasteiger partial charge < -0.3 is 15.0 Å². The van der Waals surface area contributed by atoms with Crippen LogP contribution in [-0.2, 0) is 27.7 Å². The van der Waals surface area contributed by atoms with Crippen LogP contribution in [0.25, 0.3) is 21.8 Å². The number of primary amides is 1. The summed E-state index contributed by atoms with van der Waals surface area (Å²) in [5.41, 5.74) is 9.44. The maximum atomic E-state index is 12.3. The second-order valence-corrected chi connectivity index (χ2v) is 9.30. The zero-order chi connectivity index (χ0) is 21.5. The first-order valence-corrected chi connectivity index (χ1v) is 11.3. The van der Waals surface area contributed by atoms with Crippen molar-refractivity contribution >= 4 is 37.6 Å². The Labute approximate surface area is 174 Å². The number of amides is 1. The number of carbonyl (C=O) groups is 1. The van der Waals surface area contributed by atoms with E-state index in [1.54, 1.807) is 31.4 Å². The van der Waals surface area contributed by atoms with Gasteiger partial charge in [-0.15, -0.1) is 0 Å². The Morgan fingerprint density at radius 1 is 1.03 bits per heavy atom. The minimum Gasteiger partial charge on any atom is -0.380 e. The molecule has 0 fully saturated rings. The quantitative estimate of drug-likeness (QED) is 0.515. The van der Waals surface area contributed by atoms with Gasteiger partial charge in [-0.25, -0.2) is 8.42 Å². The molecule has 154 valence electrons. The van der Waals surface area contributed by atoms with Crippen LogP contribution in [0.15, 0.2) is 65.6 Å². The molecule has 4 rings (SSSR count). The normalized spacial score (nSPS) is 11.9. The third kappa shape index (κ3) is 3.46. The number of rotatable bonds is 6. The summed E-state index contributed by atoms with van der Waals surface area (Å²) in [5, 5.41) is 1.65. The zero-order valence-electron chi connectivity index (χ0n) is 16.8. The van der Waals surface area contributed by atoms with Crippen molar-refractivity contribution in [3.8, 4) is 0 Å². The number of sulfone groups is 1. The molecule has 0 aliphatic heterocycles. The summed E-state index contributed by atoms with van der Waals surface area (Å²) < 4.78 is 31.9. The van der Waals surface area contributed by atoms with Gasteiger partial charge in [0.1, 0.15) is 0 Å². The number of aromatic nitrogens is 1. The van der Waals surface area contributed by atoms with E-state index in [0.29, 0.717) is 29.2 Å². The highest BCUT2D eigenvalue weighted by molar-refractivity contribution is 7.90. The van der Waals surface area contributed by atoms with Gasteiger partial charge in [-0.2, -0.15) is 0 Å². The van der Waals surface area contributed by atoms with E-state index in [0.717, 1.165) is 27.4 Å². The Kier molecular flexibility index (Phi) is 5.09. The molecule has 1 aromatic heterocycles. The Balaban J connectivity index is 2.04. The van der Waals surface area contributed by atoms with E-state index in [2.05, 4.69) is 0 Å². The van der Waals surface area contributed by atoms with Gasteiger partial charge in [-0.1, -0.05) is 36.4 Å². The van der Waals surface area contributed by atoms with E-state index >= 15 is 0 Å². The van der Waals surface area contributed by atoms with Crippen LogP contribution in [0.2, 0.25) is 0 Å². The van der Waals surface area contributed by atoms with Crippen LogP contribution in [0.1, 0.15) is 21.5 Å². The Bertz CT molecular complexity index is 1390. The Hall–Kier alpha value is -3.16. The Morgan fingerprint density at radius 3 is 2.50 bits per heavy atom. The van der Waals surface area contributed by atoms with E-state index in [4.69, 9.17) is 10.5 Å². The number of hydrogen-bond donors (Lipinski definition) is 1. The smallest absolute Gasteiger partial charge is 0.249 e. The minimum absolute atomic E-state index is 0.291. The fourth-order valence-electron chi connectivity index (χ4n) is 3.99. The van der Waals surface area contributed by atoms with Gasteiger partial charge in [-0.05, 0) is 35.4 Å². The predicted octanol–water partition coefficient (Wildman–Crippen LogP) is 3.49. The highest BCUT2D eigenvalue weighted by Crippen LogP contribution is 2.33. The lowest BCUT2D eigenvalue weighted by Gasteiger charge is -2.12. The summed E-state index contributed by atoms with van der Waals surface area (Å²) in [5.74, 6) is -0.503. The average Bonchev–Trinajstić information content (AvgIpc) is 3.01. The van der Waals surface area contributed by atoms with E-state index in [1.165, 1.54) is 6.26 Å². The van der Waals surface area contributed by atoms with Crippen molar-refractivity contribution in [1.82, 2.24) is 4.57 Å². The van der Waals surface area contributed by atoms with Crippen LogP contribution in [0.5, 0.6) is 0 Å². The van der Waals surface area contributed by atoms with Gasteiger partial charge in [0.05, 0.1) is 17.0 Å². The van der Waals surface area contributed by atoms with Crippen LogP contribution in [0.4, 0.5) is 0 Å². The number of carbonyl (C=O) groups excluding carboxylic acids is 1. The summed E-state index contributed by atoms with van der Waals surface area (Å²) in [7, 11) is -1.76. The van der Waals surface area contributed by atoms with E-state index < -0.39 is 15.7 Å². The number of hydrogen-bond acceptors (Lipinski definition) is 4. The molecule has 6 nitrogen and oxygen atoms in total. The minimum atomic E-state index is -3.39. The van der Waals surface area contributed by atoms with Gasteiger partial charge in [0.2, 0.25) is 5.91 Å². The molecular weight excluding hydrogens is 400 g/mol. The number of methoxy groups -OCH3 is 1. The number of nitrogens with zero attached hydrogens (tertiary/aromatic N) is 1. The molecule has 0 unspecified atom stereocenters. The van der Waals surface area contributed by atoms with Gasteiger partial charge in [0.25, 0.3) is 0 Å². The monoisotopic (exact) mass is 422 g/mol. The van der Waals surface area contributed by atoms with Crippen LogP contribution < -0.4 is 5.73 Å². The van der Waals surface area contributed by atoms with Crippen molar-refractivity contribution in [2.45, 2.75) is 18.0 Å². The van der Waals surface area contributed by atoms with Crippen molar-refractivity contribution in [3.63, 3.8) is 0 Å². The molecule has 4 aromatic rings. The fourth-order valence-corrected chi connectivity index (χ4v) is 4.92. The lowest BCUT2D eigenvalue weighted by Crippen LogP contribution is -2.11. The summed E-state index contributed by atoms with van der Waals surface area (Å²) in [6, 6.07) is 18.3. The number of nitrogens with two attached hydrogens (primary N) is 1. The molecule has 0 atom stereocenters. The topological polar surface area (TPSA) is 91.4 Å². The molecule has 30 heavy (non-hydrogen) atoms. The fraction of sp³-hybridized carbons (Fsp3) is 0.174. The molecule has 0 saturated carbocycles. The standard InChI is InChI=1S/C23H22N2O4S/c1-29-14-15-10-11-17-20(12-15)25(19-8-5-7-18(22(17)19)23(24)26)13-16-6-3-4-9-21(16)30(2,27)28/h3-12H,13-14H2,1-2H3,(H2,24,26). The van der Waals surface area contributed by atoms with E-state index in [9.17, 15) is 13.2 Å². The maximum Gasteiger partial charge on any atom is 0.249 e. The van der Waals surface area contributed by atoms with E-state index in [1.807, 2.05) is 41.0 Å². The van der Waals surface area contributed by atoms with Crippen molar-refractivity contribution in [2.24, 2.45) is 5.73 Å². The first kappa shape index (κ1) is 20.1. The van der Waals surface area contributed by atoms with Crippen molar-refractivity contribution in [3.05, 3.63) is 77.4 Å². The SMILES string of the molecule is COCc1ccc2c3c(C(N)=O)cccc3n(Cc3ccccc3S(C)(=O)=O)c2c1. The molecule has 0 radical (unpaired) electrons. The first-order valence-electron chi connectivity index (χ1n) is 9.42. The van der Waals surface area contributed by atoms with Gasteiger partial charge in [0, 0.05) is 41.8 Å². The van der Waals surface area contributed by atoms with Gasteiger partial charge in [0.15, 0.2) is 9.84 Å². The third-order valence-electron chi connectivity index (χ3n) is 5.23. The molecule has 0 saturated heterocycles. The molecular formula is C23H22N2O4S. The zero-order valence-corrected chi connectivity index (χ0v) is 17.6. The summed E-state index contributed by atoms with van der Waals surface area (Å²) in [6.07, 6.45) is 1.21. The van der Waals surface area contributed by atoms with Gasteiger partial charge in [-0.3, -0.25) is 4.79 Å². The average molecular weight is 423 g/mol. The second-order valence-electron chi connectivity index (χ2n) is 7.31. The second kappa shape index (κ2) is 7.59. The summed E-state index contributed by atoms with van der Waals surface area (Å²) in [6.45, 7) is 0.780. The molecule has 1 amide bonds. The van der Waals surface area contributed by atoms with Crippen molar-refractivity contribution in [1.29, 1.82) is 0 Å². The van der Waals surface area contributed by atoms with Crippen LogP contribution in [-0.4, -0.2) is 32.3 Å².